The van der Waals surface area contributed by atoms with Crippen molar-refractivity contribution in [3.8, 4) is 5.75 Å². The van der Waals surface area contributed by atoms with E-state index in [1.807, 2.05) is 0 Å². The van der Waals surface area contributed by atoms with Crippen molar-refractivity contribution in [2.24, 2.45) is 10.3 Å². The number of benzene rings is 1. The molecular weight excluding hydrogens is 382 g/mol. The van der Waals surface area contributed by atoms with Gasteiger partial charge >= 0.3 is 6.18 Å². The molecule has 0 aliphatic heterocycles. The number of nitrogens with zero attached hydrogens (tertiary/aromatic N) is 1. The Balaban J connectivity index is 0.00000153. The van der Waals surface area contributed by atoms with E-state index in [9.17, 15) is 21.8 Å². The van der Waals surface area contributed by atoms with Crippen molar-refractivity contribution in [2.75, 3.05) is 12.9 Å². The zero-order chi connectivity index (χ0) is 21.0. The van der Waals surface area contributed by atoms with Gasteiger partial charge in [0.05, 0.1) is 6.61 Å². The zero-order valence-electron chi connectivity index (χ0n) is 16.5. The maximum Gasteiger partial charge on any atom is 0.434 e. The molecule has 1 rings (SSSR count). The summed E-state index contributed by atoms with van der Waals surface area (Å²) in [6.45, 7) is 8.94. The van der Waals surface area contributed by atoms with Gasteiger partial charge in [-0.15, -0.1) is 0 Å². The van der Waals surface area contributed by atoms with Crippen molar-refractivity contribution in [2.45, 2.75) is 59.6 Å². The van der Waals surface area contributed by atoms with Crippen LogP contribution in [0.1, 0.15) is 58.9 Å². The Kier molecular flexibility index (Phi) is 12.2. The lowest BCUT2D eigenvalue weighted by molar-refractivity contribution is -0.0579. The number of hydrogen-bond donors (Lipinski definition) is 0. The molecule has 0 saturated carbocycles. The van der Waals surface area contributed by atoms with Crippen LogP contribution in [0.2, 0.25) is 0 Å². The SMILES string of the molecule is CC(C)C.CCCCCCOc1ccc(C(=N[S@](C)=O)C(F)(F)F)c(F)c1. The monoisotopic (exact) mass is 411 g/mol. The molecule has 0 spiro atoms. The molecule has 1 aromatic rings. The smallest absolute Gasteiger partial charge is 0.434 e. The molecule has 0 N–H and O–H groups in total. The second-order valence-corrected chi connectivity index (χ2v) is 7.67. The van der Waals surface area contributed by atoms with Gasteiger partial charge in [-0.1, -0.05) is 47.0 Å². The number of halogens is 4. The van der Waals surface area contributed by atoms with E-state index in [0.29, 0.717) is 6.61 Å². The molecule has 0 saturated heterocycles. The summed E-state index contributed by atoms with van der Waals surface area (Å²) in [5, 5.41) is 0. The highest BCUT2D eigenvalue weighted by Gasteiger charge is 2.38. The van der Waals surface area contributed by atoms with Gasteiger partial charge in [0.2, 0.25) is 0 Å². The summed E-state index contributed by atoms with van der Waals surface area (Å²) in [6.07, 6.45) is -0.00406. The highest BCUT2D eigenvalue weighted by atomic mass is 32.2. The Morgan fingerprint density at radius 1 is 1.19 bits per heavy atom. The quantitative estimate of drug-likeness (QED) is 0.295. The van der Waals surface area contributed by atoms with Crippen LogP contribution in [0.15, 0.2) is 22.6 Å². The molecule has 0 unspecified atom stereocenters. The molecule has 0 aliphatic rings. The zero-order valence-corrected chi connectivity index (χ0v) is 17.3. The molecule has 0 aromatic heterocycles. The molecular formula is C19H29F4NO2S. The van der Waals surface area contributed by atoms with Gasteiger partial charge in [-0.3, -0.25) is 0 Å². The fourth-order valence-corrected chi connectivity index (χ4v) is 2.34. The molecule has 1 atom stereocenters. The molecule has 156 valence electrons. The van der Waals surface area contributed by atoms with Crippen LogP contribution in [0.25, 0.3) is 0 Å². The Hall–Kier alpha value is -1.44. The van der Waals surface area contributed by atoms with E-state index in [4.69, 9.17) is 4.74 Å². The molecule has 1 aromatic carbocycles. The lowest BCUT2D eigenvalue weighted by Gasteiger charge is -2.12. The Bertz CT molecular complexity index is 613. The summed E-state index contributed by atoms with van der Waals surface area (Å²) in [7, 11) is -2.09. The molecule has 3 nitrogen and oxygen atoms in total. The van der Waals surface area contributed by atoms with E-state index >= 15 is 0 Å². The summed E-state index contributed by atoms with van der Waals surface area (Å²) in [6, 6.07) is 3.07. The van der Waals surface area contributed by atoms with E-state index in [-0.39, 0.29) is 5.75 Å². The molecule has 0 fully saturated rings. The van der Waals surface area contributed by atoms with Gasteiger partial charge in [-0.05, 0) is 24.5 Å². The topological polar surface area (TPSA) is 38.7 Å². The largest absolute Gasteiger partial charge is 0.493 e. The summed E-state index contributed by atoms with van der Waals surface area (Å²) >= 11 is 0. The van der Waals surface area contributed by atoms with Gasteiger partial charge in [0.25, 0.3) is 0 Å². The summed E-state index contributed by atoms with van der Waals surface area (Å²) in [5.41, 5.74) is -2.24. The first kappa shape index (κ1) is 25.6. The minimum Gasteiger partial charge on any atom is -0.493 e. The van der Waals surface area contributed by atoms with Gasteiger partial charge < -0.3 is 4.74 Å². The number of alkyl halides is 3. The van der Waals surface area contributed by atoms with Crippen LogP contribution >= 0.6 is 0 Å². The van der Waals surface area contributed by atoms with Crippen LogP contribution < -0.4 is 4.74 Å². The van der Waals surface area contributed by atoms with Crippen LogP contribution in [-0.2, 0) is 11.0 Å². The lowest BCUT2D eigenvalue weighted by Crippen LogP contribution is -2.25. The predicted molar refractivity (Wildman–Crippen MR) is 103 cm³/mol. The van der Waals surface area contributed by atoms with Crippen molar-refractivity contribution >= 4 is 16.7 Å². The maximum absolute atomic E-state index is 14.0. The average molecular weight is 412 g/mol. The van der Waals surface area contributed by atoms with E-state index < -0.39 is 34.3 Å². The Morgan fingerprint density at radius 2 is 1.78 bits per heavy atom. The Labute approximate surface area is 161 Å². The number of rotatable bonds is 8. The second kappa shape index (κ2) is 12.9. The number of hydrogen-bond acceptors (Lipinski definition) is 2. The van der Waals surface area contributed by atoms with E-state index in [1.54, 1.807) is 0 Å². The van der Waals surface area contributed by atoms with E-state index in [2.05, 4.69) is 32.1 Å². The normalized spacial score (nSPS) is 13.2. The third kappa shape index (κ3) is 11.8. The fourth-order valence-electron chi connectivity index (χ4n) is 1.88. The van der Waals surface area contributed by atoms with Crippen LogP contribution in [0.3, 0.4) is 0 Å². The van der Waals surface area contributed by atoms with Gasteiger partial charge in [-0.2, -0.15) is 17.6 Å². The molecule has 0 heterocycles. The first-order valence-corrected chi connectivity index (χ1v) is 10.4. The molecule has 0 amide bonds. The highest BCUT2D eigenvalue weighted by molar-refractivity contribution is 7.83. The standard InChI is InChI=1S/C15H19F4NO2S.C4H10/c1-3-4-5-6-9-22-11-7-8-12(13(16)10-11)14(15(17,18)19)20-23(2)21;1-4(2)3/h7-8,10H,3-6,9H2,1-2H3;4H,1-3H3/t23-;/m0./s1. The van der Waals surface area contributed by atoms with Crippen molar-refractivity contribution in [1.29, 1.82) is 0 Å². The van der Waals surface area contributed by atoms with Crippen LogP contribution in [-0.4, -0.2) is 29.0 Å². The molecule has 0 aliphatic carbocycles. The summed E-state index contributed by atoms with van der Waals surface area (Å²) in [4.78, 5) is 0. The Morgan fingerprint density at radius 3 is 2.22 bits per heavy atom. The first-order valence-electron chi connectivity index (χ1n) is 8.91. The predicted octanol–water partition coefficient (Wildman–Crippen LogP) is 6.09. The molecule has 8 heteroatoms. The average Bonchev–Trinajstić information content (AvgIpc) is 2.51. The van der Waals surface area contributed by atoms with Crippen molar-refractivity contribution in [1.82, 2.24) is 0 Å². The van der Waals surface area contributed by atoms with Crippen LogP contribution in [0.4, 0.5) is 17.6 Å². The molecule has 0 bridgehead atoms. The summed E-state index contributed by atoms with van der Waals surface area (Å²) in [5.74, 6) is -0.125. The summed E-state index contributed by atoms with van der Waals surface area (Å²) < 4.78 is 71.9. The highest BCUT2D eigenvalue weighted by Crippen LogP contribution is 2.27. The van der Waals surface area contributed by atoms with Crippen LogP contribution in [0.5, 0.6) is 5.75 Å². The third-order valence-corrected chi connectivity index (χ3v) is 3.39. The number of unbranched alkanes of at least 4 members (excludes halogenated alkanes) is 3. The third-order valence-electron chi connectivity index (χ3n) is 2.95. The van der Waals surface area contributed by atoms with E-state index in [0.717, 1.165) is 50.0 Å². The number of ether oxygens (including phenoxy) is 1. The van der Waals surface area contributed by atoms with E-state index in [1.165, 1.54) is 6.07 Å². The van der Waals surface area contributed by atoms with Gasteiger partial charge in [-0.25, -0.2) is 8.60 Å². The molecule has 27 heavy (non-hydrogen) atoms. The van der Waals surface area contributed by atoms with Crippen molar-refractivity contribution in [3.63, 3.8) is 0 Å². The minimum absolute atomic E-state index is 0.155. The second-order valence-electron chi connectivity index (χ2n) is 6.64. The van der Waals surface area contributed by atoms with Gasteiger partial charge in [0.1, 0.15) is 22.6 Å². The lowest BCUT2D eigenvalue weighted by atomic mass is 10.1. The first-order chi connectivity index (χ1) is 12.5. The minimum atomic E-state index is -4.89. The van der Waals surface area contributed by atoms with Gasteiger partial charge in [0, 0.05) is 17.9 Å². The van der Waals surface area contributed by atoms with Crippen LogP contribution in [0, 0.1) is 11.7 Å². The van der Waals surface area contributed by atoms with Gasteiger partial charge in [0.15, 0.2) is 5.71 Å². The fraction of sp³-hybridized carbons (Fsp3) is 0.632. The molecule has 0 radical (unpaired) electrons. The van der Waals surface area contributed by atoms with Crippen molar-refractivity contribution in [3.05, 3.63) is 29.6 Å². The maximum atomic E-state index is 14.0. The van der Waals surface area contributed by atoms with Crippen molar-refractivity contribution < 1.29 is 26.5 Å².